The average Bonchev–Trinajstić information content (AvgIpc) is 2.52. The van der Waals surface area contributed by atoms with E-state index in [0.29, 0.717) is 19.8 Å². The van der Waals surface area contributed by atoms with Crippen LogP contribution in [0.25, 0.3) is 0 Å². The van der Waals surface area contributed by atoms with Gasteiger partial charge in [-0.15, -0.1) is 0 Å². The molecule has 0 radical (unpaired) electrons. The molecule has 1 aliphatic heterocycles. The quantitative estimate of drug-likeness (QED) is 0.834. The fraction of sp³-hybridized carbons (Fsp3) is 0.538. The maximum absolute atomic E-state index is 10.0. The molecule has 1 heterocycles. The van der Waals surface area contributed by atoms with E-state index in [9.17, 15) is 5.11 Å². The second-order valence-electron chi connectivity index (χ2n) is 4.28. The summed E-state index contributed by atoms with van der Waals surface area (Å²) in [6, 6.07) is 3.83. The molecule has 0 aromatic heterocycles. The number of aliphatic hydroxyl groups is 1. The number of hydrogen-bond acceptors (Lipinski definition) is 4. The SMILES string of the molecule is CNCC(O)c1cc2c(cc1C)OCCCO2. The van der Waals surface area contributed by atoms with Crippen LogP contribution >= 0.6 is 0 Å². The van der Waals surface area contributed by atoms with Crippen LogP contribution < -0.4 is 14.8 Å². The molecule has 0 aliphatic carbocycles. The number of likely N-dealkylation sites (N-methyl/N-ethyl adjacent to an activating group) is 1. The lowest BCUT2D eigenvalue weighted by atomic mass is 10.0. The summed E-state index contributed by atoms with van der Waals surface area (Å²) in [6.45, 7) is 3.85. The third-order valence-electron chi connectivity index (χ3n) is 2.89. The molecule has 2 N–H and O–H groups in total. The van der Waals surface area contributed by atoms with E-state index in [1.165, 1.54) is 0 Å². The van der Waals surface area contributed by atoms with Crippen LogP contribution in [0.4, 0.5) is 0 Å². The number of rotatable bonds is 3. The predicted molar refractivity (Wildman–Crippen MR) is 65.7 cm³/mol. The third-order valence-corrected chi connectivity index (χ3v) is 2.89. The summed E-state index contributed by atoms with van der Waals surface area (Å²) in [5.41, 5.74) is 1.92. The largest absolute Gasteiger partial charge is 0.490 e. The highest BCUT2D eigenvalue weighted by Crippen LogP contribution is 2.34. The van der Waals surface area contributed by atoms with Gasteiger partial charge in [0, 0.05) is 13.0 Å². The highest BCUT2D eigenvalue weighted by molar-refractivity contribution is 5.48. The van der Waals surface area contributed by atoms with Crippen LogP contribution in [0.3, 0.4) is 0 Å². The van der Waals surface area contributed by atoms with E-state index in [0.717, 1.165) is 29.0 Å². The first kappa shape index (κ1) is 12.2. The average molecular weight is 237 g/mol. The molecule has 0 bridgehead atoms. The van der Waals surface area contributed by atoms with Crippen LogP contribution in [0.2, 0.25) is 0 Å². The number of benzene rings is 1. The smallest absolute Gasteiger partial charge is 0.161 e. The van der Waals surface area contributed by atoms with E-state index in [4.69, 9.17) is 9.47 Å². The molecule has 0 saturated heterocycles. The van der Waals surface area contributed by atoms with Crippen LogP contribution in [0.15, 0.2) is 12.1 Å². The number of aryl methyl sites for hydroxylation is 1. The first-order valence-electron chi connectivity index (χ1n) is 5.95. The molecule has 1 aromatic rings. The third kappa shape index (κ3) is 2.70. The van der Waals surface area contributed by atoms with Crippen LogP contribution in [0.5, 0.6) is 11.5 Å². The number of hydrogen-bond donors (Lipinski definition) is 2. The molecule has 0 saturated carbocycles. The maximum atomic E-state index is 10.0. The van der Waals surface area contributed by atoms with E-state index in [1.807, 2.05) is 26.1 Å². The number of fused-ring (bicyclic) bond motifs is 1. The molecule has 17 heavy (non-hydrogen) atoms. The van der Waals surface area contributed by atoms with Gasteiger partial charge in [-0.2, -0.15) is 0 Å². The summed E-state index contributed by atoms with van der Waals surface area (Å²) < 4.78 is 11.2. The molecular formula is C13H19NO3. The fourth-order valence-electron chi connectivity index (χ4n) is 1.99. The molecule has 1 atom stereocenters. The van der Waals surface area contributed by atoms with E-state index in [-0.39, 0.29) is 0 Å². The molecule has 4 heteroatoms. The first-order chi connectivity index (χ1) is 8.22. The second kappa shape index (κ2) is 5.38. The van der Waals surface area contributed by atoms with Gasteiger partial charge >= 0.3 is 0 Å². The number of ether oxygens (including phenoxy) is 2. The zero-order valence-corrected chi connectivity index (χ0v) is 10.3. The summed E-state index contributed by atoms with van der Waals surface area (Å²) in [4.78, 5) is 0. The fourth-order valence-corrected chi connectivity index (χ4v) is 1.99. The van der Waals surface area contributed by atoms with E-state index in [2.05, 4.69) is 5.32 Å². The Morgan fingerprint density at radius 3 is 2.59 bits per heavy atom. The topological polar surface area (TPSA) is 50.7 Å². The van der Waals surface area contributed by atoms with Gasteiger partial charge in [-0.1, -0.05) is 0 Å². The van der Waals surface area contributed by atoms with E-state index < -0.39 is 6.10 Å². The number of nitrogens with one attached hydrogen (secondary N) is 1. The van der Waals surface area contributed by atoms with Crippen molar-refractivity contribution in [1.29, 1.82) is 0 Å². The standard InChI is InChI=1S/C13H19NO3/c1-9-6-12-13(17-5-3-4-16-12)7-10(9)11(15)8-14-2/h6-7,11,14-15H,3-5,8H2,1-2H3. The highest BCUT2D eigenvalue weighted by atomic mass is 16.5. The molecule has 2 rings (SSSR count). The van der Waals surface area contributed by atoms with Crippen molar-refractivity contribution in [2.24, 2.45) is 0 Å². The van der Waals surface area contributed by atoms with Gasteiger partial charge in [0.2, 0.25) is 0 Å². The Hall–Kier alpha value is -1.26. The highest BCUT2D eigenvalue weighted by Gasteiger charge is 2.16. The summed E-state index contributed by atoms with van der Waals surface area (Å²) in [7, 11) is 1.82. The molecule has 0 spiro atoms. The Morgan fingerprint density at radius 1 is 1.29 bits per heavy atom. The minimum Gasteiger partial charge on any atom is -0.490 e. The van der Waals surface area contributed by atoms with Crippen molar-refractivity contribution in [2.45, 2.75) is 19.4 Å². The Bertz CT molecular complexity index is 392. The predicted octanol–water partition coefficient (Wildman–Crippen LogP) is 1.41. The Balaban J connectivity index is 2.31. The monoisotopic (exact) mass is 237 g/mol. The van der Waals surface area contributed by atoms with E-state index in [1.54, 1.807) is 0 Å². The lowest BCUT2D eigenvalue weighted by molar-refractivity contribution is 0.176. The van der Waals surface area contributed by atoms with Crippen LogP contribution in [0, 0.1) is 6.92 Å². The van der Waals surface area contributed by atoms with Crippen molar-refractivity contribution in [3.63, 3.8) is 0 Å². The van der Waals surface area contributed by atoms with E-state index >= 15 is 0 Å². The first-order valence-corrected chi connectivity index (χ1v) is 5.95. The summed E-state index contributed by atoms with van der Waals surface area (Å²) in [6.07, 6.45) is 0.374. The van der Waals surface area contributed by atoms with Gasteiger partial charge in [-0.3, -0.25) is 0 Å². The Kier molecular flexibility index (Phi) is 3.86. The maximum Gasteiger partial charge on any atom is 0.161 e. The van der Waals surface area contributed by atoms with Gasteiger partial charge < -0.3 is 19.9 Å². The molecule has 1 aromatic carbocycles. The van der Waals surface area contributed by atoms with Gasteiger partial charge in [0.15, 0.2) is 11.5 Å². The van der Waals surface area contributed by atoms with Gasteiger partial charge in [0.05, 0.1) is 19.3 Å². The van der Waals surface area contributed by atoms with Crippen molar-refractivity contribution in [1.82, 2.24) is 5.32 Å². The van der Waals surface area contributed by atoms with Crippen LogP contribution in [-0.4, -0.2) is 31.9 Å². The number of aliphatic hydroxyl groups excluding tert-OH is 1. The summed E-state index contributed by atoms with van der Waals surface area (Å²) in [5.74, 6) is 1.51. The molecular weight excluding hydrogens is 218 g/mol. The van der Waals surface area contributed by atoms with Crippen molar-refractivity contribution in [2.75, 3.05) is 26.8 Å². The van der Waals surface area contributed by atoms with Crippen molar-refractivity contribution < 1.29 is 14.6 Å². The minimum absolute atomic E-state index is 0.517. The molecule has 0 amide bonds. The summed E-state index contributed by atoms with van der Waals surface area (Å²) in [5, 5.41) is 13.0. The zero-order chi connectivity index (χ0) is 12.3. The zero-order valence-electron chi connectivity index (χ0n) is 10.3. The van der Waals surface area contributed by atoms with Gasteiger partial charge in [0.25, 0.3) is 0 Å². The normalized spacial score (nSPS) is 16.4. The van der Waals surface area contributed by atoms with Crippen molar-refractivity contribution in [3.8, 4) is 11.5 Å². The van der Waals surface area contributed by atoms with Gasteiger partial charge in [-0.05, 0) is 37.2 Å². The molecule has 94 valence electrons. The lowest BCUT2D eigenvalue weighted by Crippen LogP contribution is -2.17. The van der Waals surface area contributed by atoms with Crippen molar-refractivity contribution in [3.05, 3.63) is 23.3 Å². The Morgan fingerprint density at radius 2 is 1.94 bits per heavy atom. The van der Waals surface area contributed by atoms with Crippen LogP contribution in [-0.2, 0) is 0 Å². The summed E-state index contributed by atoms with van der Waals surface area (Å²) >= 11 is 0. The molecule has 1 unspecified atom stereocenters. The lowest BCUT2D eigenvalue weighted by Gasteiger charge is -2.16. The molecule has 1 aliphatic rings. The minimum atomic E-state index is -0.517. The van der Waals surface area contributed by atoms with Crippen molar-refractivity contribution >= 4 is 0 Å². The van der Waals surface area contributed by atoms with Crippen LogP contribution in [0.1, 0.15) is 23.7 Å². The molecule has 4 nitrogen and oxygen atoms in total. The molecule has 0 fully saturated rings. The Labute approximate surface area is 102 Å². The second-order valence-corrected chi connectivity index (χ2v) is 4.28. The van der Waals surface area contributed by atoms with Gasteiger partial charge in [0.1, 0.15) is 0 Å². The van der Waals surface area contributed by atoms with Gasteiger partial charge in [-0.25, -0.2) is 0 Å².